The van der Waals surface area contributed by atoms with Gasteiger partial charge in [-0.05, 0) is 170 Å². The fourth-order valence-electron chi connectivity index (χ4n) is 9.33. The molecular formula is C68H75Cl6IN6O10S3. The van der Waals surface area contributed by atoms with Gasteiger partial charge in [-0.3, -0.25) is 33.0 Å². The number of aromatic nitrogens is 3. The molecule has 16 nitrogen and oxygen atoms in total. The molecule has 26 heteroatoms. The zero-order chi connectivity index (χ0) is 68.2. The first-order chi connectivity index (χ1) is 43.5. The molecule has 3 N–H and O–H groups in total. The van der Waals surface area contributed by atoms with Crippen molar-refractivity contribution in [3.8, 4) is 0 Å². The van der Waals surface area contributed by atoms with E-state index in [1.165, 1.54) is 33.1 Å². The maximum Gasteiger partial charge on any atom is 0.318 e. The highest BCUT2D eigenvalue weighted by atomic mass is 127. The van der Waals surface area contributed by atoms with E-state index in [0.29, 0.717) is 52.1 Å². The molecule has 0 aliphatic rings. The van der Waals surface area contributed by atoms with E-state index in [0.717, 1.165) is 74.6 Å². The Labute approximate surface area is 604 Å². The molecule has 0 saturated carbocycles. The first-order valence-electron chi connectivity index (χ1n) is 28.0. The number of hydrogen-bond donors (Lipinski definition) is 4. The summed E-state index contributed by atoms with van der Waals surface area (Å²) in [5.74, 6) is -1.47. The van der Waals surface area contributed by atoms with Gasteiger partial charge in [0.1, 0.15) is 22.8 Å². The van der Waals surface area contributed by atoms with E-state index in [2.05, 4.69) is 65.4 Å². The number of ether oxygens (including phenoxy) is 3. The van der Waals surface area contributed by atoms with E-state index in [4.69, 9.17) is 69.6 Å². The molecule has 0 bridgehead atoms. The van der Waals surface area contributed by atoms with Crippen LogP contribution in [0.5, 0.6) is 0 Å². The van der Waals surface area contributed by atoms with Crippen LogP contribution < -0.4 is 16.0 Å². The summed E-state index contributed by atoms with van der Waals surface area (Å²) in [5, 5.41) is 14.2. The van der Waals surface area contributed by atoms with Crippen LogP contribution in [-0.2, 0) is 60.5 Å². The number of esters is 3. The smallest absolute Gasteiger partial charge is 0.318 e. The summed E-state index contributed by atoms with van der Waals surface area (Å²) in [7, 11) is 7.97. The molecule has 0 aliphatic heterocycles. The first-order valence-corrected chi connectivity index (χ1v) is 34.3. The van der Waals surface area contributed by atoms with Crippen LogP contribution >= 0.6 is 117 Å². The number of aryl methyl sites for hydroxylation is 6. The summed E-state index contributed by atoms with van der Waals surface area (Å²) in [5.41, 5.74) is 9.52. The molecule has 3 aromatic heterocycles. The van der Waals surface area contributed by atoms with Gasteiger partial charge in [0.15, 0.2) is 0 Å². The average molecular weight is 1570 g/mol. The lowest BCUT2D eigenvalue weighted by molar-refractivity contribution is -0.138. The molecule has 0 spiro atoms. The van der Waals surface area contributed by atoms with Crippen molar-refractivity contribution in [3.63, 3.8) is 0 Å². The zero-order valence-corrected chi connectivity index (χ0v) is 61.3. The van der Waals surface area contributed by atoms with E-state index in [1.54, 1.807) is 54.1 Å². The number of thiol groups is 1. The van der Waals surface area contributed by atoms with Gasteiger partial charge in [0.05, 0.1) is 108 Å². The molecule has 4 atom stereocenters. The number of thioether (sulfide) groups is 1. The molecule has 3 amide bonds. The number of nitrogens with one attached hydrogen (secondary N) is 3. The Kier molecular flexibility index (Phi) is 31.2. The Morgan fingerprint density at radius 3 is 1.11 bits per heavy atom. The number of hydrogen-bond acceptors (Lipinski definition) is 12. The van der Waals surface area contributed by atoms with Crippen LogP contribution in [0.25, 0.3) is 32.7 Å². The van der Waals surface area contributed by atoms with E-state index in [9.17, 15) is 33.0 Å². The molecule has 0 saturated heterocycles. The number of halogens is 7. The Hall–Kier alpha value is -5.92. The summed E-state index contributed by atoms with van der Waals surface area (Å²) >= 11 is 45.1. The van der Waals surface area contributed by atoms with Gasteiger partial charge in [-0.25, -0.2) is 0 Å². The number of methoxy groups -OCH3 is 3. The number of benzene rings is 6. The summed E-state index contributed by atoms with van der Waals surface area (Å²) in [6.07, 6.45) is 0. The van der Waals surface area contributed by atoms with Crippen molar-refractivity contribution in [2.75, 3.05) is 38.6 Å². The molecule has 3 heterocycles. The second-order valence-electron chi connectivity index (χ2n) is 21.0. The number of rotatable bonds is 16. The number of amides is 3. The molecule has 6 aromatic carbocycles. The highest BCUT2D eigenvalue weighted by Crippen LogP contribution is 2.38. The lowest BCUT2D eigenvalue weighted by Gasteiger charge is -2.15. The number of nitrogens with zero attached hydrogens (tertiary/aromatic N) is 3. The first kappa shape index (κ1) is 80.5. The maximum absolute atomic E-state index is 12.9. The molecule has 94 heavy (non-hydrogen) atoms. The van der Waals surface area contributed by atoms with Gasteiger partial charge in [0.2, 0.25) is 0 Å². The van der Waals surface area contributed by atoms with Gasteiger partial charge in [-0.15, -0.1) is 11.8 Å². The van der Waals surface area contributed by atoms with E-state index in [1.807, 2.05) is 132 Å². The maximum atomic E-state index is 12.9. The highest BCUT2D eigenvalue weighted by Gasteiger charge is 2.24. The number of fused-ring (bicyclic) bond motifs is 3. The molecule has 0 aliphatic carbocycles. The van der Waals surface area contributed by atoms with Crippen molar-refractivity contribution in [3.05, 3.63) is 193 Å². The molecular weight excluding hydrogens is 1500 g/mol. The van der Waals surface area contributed by atoms with Crippen LogP contribution in [0.3, 0.4) is 0 Å². The van der Waals surface area contributed by atoms with Gasteiger partial charge in [-0.1, -0.05) is 121 Å². The zero-order valence-electron chi connectivity index (χ0n) is 52.1. The van der Waals surface area contributed by atoms with Gasteiger partial charge < -0.3 is 43.9 Å². The Morgan fingerprint density at radius 1 is 0.500 bits per heavy atom. The third-order valence-electron chi connectivity index (χ3n) is 14.8. The minimum atomic E-state index is -1.48. The second-order valence-corrected chi connectivity index (χ2v) is 27.3. The predicted octanol–water partition coefficient (Wildman–Crippen LogP) is 17.4. The van der Waals surface area contributed by atoms with Crippen molar-refractivity contribution in [2.24, 2.45) is 21.1 Å². The van der Waals surface area contributed by atoms with Gasteiger partial charge in [0, 0.05) is 50.7 Å². The van der Waals surface area contributed by atoms with Crippen molar-refractivity contribution in [2.45, 2.75) is 84.3 Å². The minimum absolute atomic E-state index is 0. The van der Waals surface area contributed by atoms with Crippen LogP contribution in [0.4, 0.5) is 0 Å². The van der Waals surface area contributed by atoms with Gasteiger partial charge in [-0.2, -0.15) is 12.6 Å². The van der Waals surface area contributed by atoms with Crippen molar-refractivity contribution in [1.29, 1.82) is 0 Å². The summed E-state index contributed by atoms with van der Waals surface area (Å²) < 4.78 is 32.2. The van der Waals surface area contributed by atoms with Gasteiger partial charge in [0.25, 0.3) is 17.7 Å². The van der Waals surface area contributed by atoms with Crippen molar-refractivity contribution in [1.82, 2.24) is 29.7 Å². The SMILES string of the molecule is C.C.COC(=O)CS.COC(=O)CS(=O)c1ccc([C@@H](C)NC(=O)c2cc3c(Cl)c(Cl)c(C)cc3n2C)cc1.COC(=O)CSc1ccc([C@@H](C)NC(=O)c2cc3c(Cl)c(Cl)c(C)cc3n2C)cc1.Cc1cc2c(cc(C(=O)N[C@H](C)c3ccc(I)cc3)n2C)c(Cl)c1Cl. The van der Waals surface area contributed by atoms with Crippen LogP contribution in [0.2, 0.25) is 30.1 Å². The summed E-state index contributed by atoms with van der Waals surface area (Å²) in [6.45, 7) is 11.4. The lowest BCUT2D eigenvalue weighted by atomic mass is 10.1. The van der Waals surface area contributed by atoms with Gasteiger partial charge >= 0.3 is 17.9 Å². The number of carbonyl (C=O) groups is 6. The van der Waals surface area contributed by atoms with Crippen LogP contribution in [-0.4, -0.2) is 92.1 Å². The minimum Gasteiger partial charge on any atom is -0.468 e. The summed E-state index contributed by atoms with van der Waals surface area (Å²) in [4.78, 5) is 72.5. The van der Waals surface area contributed by atoms with Crippen molar-refractivity contribution >= 4 is 196 Å². The highest BCUT2D eigenvalue weighted by molar-refractivity contribution is 14.1. The normalized spacial score (nSPS) is 12.0. The lowest BCUT2D eigenvalue weighted by Crippen LogP contribution is -2.28. The quantitative estimate of drug-likeness (QED) is 0.0236. The third-order valence-corrected chi connectivity index (χ3v) is 21.0. The van der Waals surface area contributed by atoms with Crippen LogP contribution in [0.15, 0.2) is 119 Å². The fraction of sp³-hybridized carbons (Fsp3) is 0.294. The van der Waals surface area contributed by atoms with Crippen LogP contribution in [0, 0.1) is 24.3 Å². The van der Waals surface area contributed by atoms with Crippen molar-refractivity contribution < 1.29 is 47.2 Å². The van der Waals surface area contributed by atoms with E-state index < -0.39 is 16.8 Å². The van der Waals surface area contributed by atoms with E-state index >= 15 is 0 Å². The molecule has 504 valence electrons. The summed E-state index contributed by atoms with van der Waals surface area (Å²) in [6, 6.07) is 33.2. The molecule has 9 rings (SSSR count). The monoisotopic (exact) mass is 1570 g/mol. The van der Waals surface area contributed by atoms with E-state index in [-0.39, 0.29) is 79.9 Å². The molecule has 0 fully saturated rings. The molecule has 0 radical (unpaired) electrons. The molecule has 9 aromatic rings. The van der Waals surface area contributed by atoms with Crippen LogP contribution in [0.1, 0.15) is 119 Å². The Morgan fingerprint density at radius 2 is 0.809 bits per heavy atom. The Bertz CT molecular complexity index is 4250. The number of carbonyl (C=O) groups excluding carboxylic acids is 6. The topological polar surface area (TPSA) is 198 Å². The predicted molar refractivity (Wildman–Crippen MR) is 398 cm³/mol. The standard InChI is InChI=1S/C22H22Cl2N2O4S.C22H22Cl2N2O3S.C19H17Cl2IN2O.C3H6O2S.2CH4/c1-12-9-17-16(21(24)20(12)23)10-18(26(17)3)22(28)25-13(2)14-5-7-15(8-6-14)31(29)11-19(27)30-4;1-12-9-17-16(21(24)20(12)23)10-18(26(17)3)22(28)25-13(2)14-5-7-15(8-6-14)30-11-19(27)29-4;1-10-8-15-14(18(21)17(10)20)9-16(24(15)3)19(25)23-11(2)12-4-6-13(22)7-5-12;1-5-3(4)2-6;;/h5-10,13H,11H2,1-4H3,(H,25,28);5-10,13H,11H2,1-4H3,(H,25,28);4-9,11H,1-3H3,(H,23,25);6H,2H2,1H3;2*1H4/t13-,31?;13-;11-;;;/m111.../s1. The largest absolute Gasteiger partial charge is 0.468 e. The fourth-order valence-corrected chi connectivity index (χ4v) is 12.9. The average Bonchev–Trinajstić information content (AvgIpc) is 1.63. The second kappa shape index (κ2) is 36.4. The third kappa shape index (κ3) is 19.9. The Balaban J connectivity index is 0.000000286. The molecule has 1 unspecified atom stereocenters.